The zero-order valence-electron chi connectivity index (χ0n) is 18.9. The molecular weight excluding hydrogens is 414 g/mol. The minimum absolute atomic E-state index is 0.0224. The lowest BCUT2D eigenvalue weighted by atomic mass is 9.99. The molecule has 2 heterocycles. The summed E-state index contributed by atoms with van der Waals surface area (Å²) < 4.78 is 6.05. The maximum Gasteiger partial charge on any atom is 0.251 e. The number of hydrogen-bond acceptors (Lipinski definition) is 6. The average Bonchev–Trinajstić information content (AvgIpc) is 3.36. The Morgan fingerprint density at radius 1 is 1.21 bits per heavy atom. The van der Waals surface area contributed by atoms with Gasteiger partial charge in [-0.15, -0.1) is 0 Å². The molecule has 3 aromatic rings. The molecule has 1 aliphatic rings. The van der Waals surface area contributed by atoms with E-state index in [9.17, 15) is 4.79 Å². The summed E-state index contributed by atoms with van der Waals surface area (Å²) in [6.07, 6.45) is 4.73. The summed E-state index contributed by atoms with van der Waals surface area (Å²) in [6, 6.07) is 15.3. The van der Waals surface area contributed by atoms with E-state index >= 15 is 0 Å². The van der Waals surface area contributed by atoms with Crippen LogP contribution in [0.2, 0.25) is 0 Å². The predicted octanol–water partition coefficient (Wildman–Crippen LogP) is 4.23. The van der Waals surface area contributed by atoms with Gasteiger partial charge in [-0.2, -0.15) is 0 Å². The van der Waals surface area contributed by atoms with E-state index in [1.807, 2.05) is 55.6 Å². The third-order valence-electron chi connectivity index (χ3n) is 5.84. The number of rotatable bonds is 8. The molecular formula is C26H29N5O2. The van der Waals surface area contributed by atoms with Crippen molar-refractivity contribution in [1.82, 2.24) is 15.6 Å². The van der Waals surface area contributed by atoms with E-state index < -0.39 is 0 Å². The number of nitrogens with zero attached hydrogens (tertiary/aromatic N) is 1. The van der Waals surface area contributed by atoms with Crippen LogP contribution in [0.5, 0.6) is 11.5 Å². The number of hydrogen-bond donors (Lipinski definition) is 4. The SMILES string of the molecule is CCc1cc(-c2cc(Oc3ccc(C=N)c(NC)c3)ccn2)ccc1C(=O)N[C@@H]1CCNC1. The summed E-state index contributed by atoms with van der Waals surface area (Å²) in [5.74, 6) is 1.31. The molecule has 1 fully saturated rings. The quantitative estimate of drug-likeness (QED) is 0.391. The fraction of sp³-hybridized carbons (Fsp3) is 0.269. The maximum absolute atomic E-state index is 12.8. The summed E-state index contributed by atoms with van der Waals surface area (Å²) >= 11 is 0. The van der Waals surface area contributed by atoms with Crippen molar-refractivity contribution in [2.45, 2.75) is 25.8 Å². The molecule has 0 unspecified atom stereocenters. The lowest BCUT2D eigenvalue weighted by Crippen LogP contribution is -2.36. The molecule has 170 valence electrons. The topological polar surface area (TPSA) is 99.1 Å². The lowest BCUT2D eigenvalue weighted by Gasteiger charge is -2.15. The van der Waals surface area contributed by atoms with E-state index in [2.05, 4.69) is 27.9 Å². The van der Waals surface area contributed by atoms with Gasteiger partial charge in [0, 0.05) is 66.6 Å². The molecule has 4 rings (SSSR count). The number of amides is 1. The highest BCUT2D eigenvalue weighted by Gasteiger charge is 2.19. The fourth-order valence-corrected chi connectivity index (χ4v) is 4.02. The molecule has 0 radical (unpaired) electrons. The van der Waals surface area contributed by atoms with Crippen molar-refractivity contribution in [1.29, 1.82) is 5.41 Å². The molecule has 7 nitrogen and oxygen atoms in total. The Balaban J connectivity index is 1.55. The summed E-state index contributed by atoms with van der Waals surface area (Å²) in [5, 5.41) is 17.0. The molecule has 2 aromatic carbocycles. The molecule has 1 aliphatic heterocycles. The van der Waals surface area contributed by atoms with Gasteiger partial charge in [-0.1, -0.05) is 13.0 Å². The van der Waals surface area contributed by atoms with Gasteiger partial charge in [-0.25, -0.2) is 0 Å². The summed E-state index contributed by atoms with van der Waals surface area (Å²) in [6.45, 7) is 3.82. The Hall–Kier alpha value is -3.71. The van der Waals surface area contributed by atoms with Crippen LogP contribution < -0.4 is 20.7 Å². The second kappa shape index (κ2) is 10.3. The molecule has 33 heavy (non-hydrogen) atoms. The molecule has 0 saturated carbocycles. The number of nitrogens with one attached hydrogen (secondary N) is 4. The maximum atomic E-state index is 12.8. The average molecular weight is 444 g/mol. The Morgan fingerprint density at radius 2 is 2.06 bits per heavy atom. The molecule has 0 spiro atoms. The largest absolute Gasteiger partial charge is 0.457 e. The van der Waals surface area contributed by atoms with Gasteiger partial charge in [-0.3, -0.25) is 9.78 Å². The first-order valence-corrected chi connectivity index (χ1v) is 11.2. The van der Waals surface area contributed by atoms with Gasteiger partial charge in [0.1, 0.15) is 11.5 Å². The second-order valence-electron chi connectivity index (χ2n) is 8.01. The summed E-state index contributed by atoms with van der Waals surface area (Å²) in [5.41, 5.74) is 5.04. The van der Waals surface area contributed by atoms with Crippen LogP contribution in [0.25, 0.3) is 11.3 Å². The van der Waals surface area contributed by atoms with Crippen molar-refractivity contribution in [2.75, 3.05) is 25.5 Å². The molecule has 1 amide bonds. The molecule has 4 N–H and O–H groups in total. The van der Waals surface area contributed by atoms with Crippen LogP contribution in [0.4, 0.5) is 5.69 Å². The lowest BCUT2D eigenvalue weighted by molar-refractivity contribution is 0.0939. The van der Waals surface area contributed by atoms with Crippen LogP contribution >= 0.6 is 0 Å². The zero-order chi connectivity index (χ0) is 23.2. The van der Waals surface area contributed by atoms with E-state index in [-0.39, 0.29) is 11.9 Å². The van der Waals surface area contributed by atoms with E-state index in [1.165, 1.54) is 6.21 Å². The van der Waals surface area contributed by atoms with E-state index in [0.717, 1.165) is 54.0 Å². The van der Waals surface area contributed by atoms with Crippen LogP contribution in [0.1, 0.15) is 34.8 Å². The Labute approximate surface area is 194 Å². The number of anilines is 1. The minimum Gasteiger partial charge on any atom is -0.457 e. The second-order valence-corrected chi connectivity index (χ2v) is 8.01. The van der Waals surface area contributed by atoms with Gasteiger partial charge in [-0.05, 0) is 55.3 Å². The van der Waals surface area contributed by atoms with Crippen LogP contribution in [0.3, 0.4) is 0 Å². The fourth-order valence-electron chi connectivity index (χ4n) is 4.02. The van der Waals surface area contributed by atoms with Crippen molar-refractivity contribution in [3.05, 3.63) is 71.4 Å². The number of benzene rings is 2. The molecule has 7 heteroatoms. The van der Waals surface area contributed by atoms with Crippen LogP contribution in [0, 0.1) is 5.41 Å². The Kier molecular flexibility index (Phi) is 7.00. The van der Waals surface area contributed by atoms with Crippen molar-refractivity contribution < 1.29 is 9.53 Å². The van der Waals surface area contributed by atoms with Gasteiger partial charge < -0.3 is 26.1 Å². The number of pyridine rings is 1. The highest BCUT2D eigenvalue weighted by molar-refractivity contribution is 5.96. The third-order valence-corrected chi connectivity index (χ3v) is 5.84. The van der Waals surface area contributed by atoms with Gasteiger partial charge in [0.2, 0.25) is 0 Å². The van der Waals surface area contributed by atoms with Crippen molar-refractivity contribution >= 4 is 17.8 Å². The molecule has 1 saturated heterocycles. The third kappa shape index (κ3) is 5.21. The number of aromatic nitrogens is 1. The first-order chi connectivity index (χ1) is 16.1. The smallest absolute Gasteiger partial charge is 0.251 e. The first kappa shape index (κ1) is 22.5. The molecule has 0 bridgehead atoms. The predicted molar refractivity (Wildman–Crippen MR) is 132 cm³/mol. The van der Waals surface area contributed by atoms with Crippen LogP contribution in [-0.2, 0) is 6.42 Å². The van der Waals surface area contributed by atoms with Crippen molar-refractivity contribution in [2.24, 2.45) is 0 Å². The van der Waals surface area contributed by atoms with Crippen molar-refractivity contribution in [3.63, 3.8) is 0 Å². The van der Waals surface area contributed by atoms with Crippen molar-refractivity contribution in [3.8, 4) is 22.8 Å². The summed E-state index contributed by atoms with van der Waals surface area (Å²) in [7, 11) is 1.82. The molecule has 0 aliphatic carbocycles. The van der Waals surface area contributed by atoms with Gasteiger partial charge in [0.15, 0.2) is 0 Å². The number of carbonyl (C=O) groups is 1. The number of ether oxygens (including phenoxy) is 1. The standard InChI is InChI=1S/C26H29N5O2/c1-3-17-12-18(5-7-23(17)26(32)31-20-8-10-29-16-20)25-14-22(9-11-30-25)33-21-6-4-19(15-27)24(13-21)28-2/h4-7,9,11-15,20,27-29H,3,8,10,16H2,1-2H3,(H,31,32)/t20-/m1/s1. The van der Waals surface area contributed by atoms with E-state index in [0.29, 0.717) is 17.1 Å². The van der Waals surface area contributed by atoms with Gasteiger partial charge in [0.05, 0.1) is 5.69 Å². The molecule has 1 aromatic heterocycles. The first-order valence-electron chi connectivity index (χ1n) is 11.2. The summed E-state index contributed by atoms with van der Waals surface area (Å²) in [4.78, 5) is 17.3. The van der Waals surface area contributed by atoms with Crippen LogP contribution in [-0.4, -0.2) is 43.3 Å². The molecule has 1 atom stereocenters. The Bertz CT molecular complexity index is 1160. The highest BCUT2D eigenvalue weighted by Crippen LogP contribution is 2.29. The number of carbonyl (C=O) groups excluding carboxylic acids is 1. The highest BCUT2D eigenvalue weighted by atomic mass is 16.5. The van der Waals surface area contributed by atoms with Gasteiger partial charge >= 0.3 is 0 Å². The zero-order valence-corrected chi connectivity index (χ0v) is 18.9. The Morgan fingerprint density at radius 3 is 2.79 bits per heavy atom. The normalized spacial score (nSPS) is 15.2. The van der Waals surface area contributed by atoms with Gasteiger partial charge in [0.25, 0.3) is 5.91 Å². The monoisotopic (exact) mass is 443 g/mol. The van der Waals surface area contributed by atoms with Crippen LogP contribution in [0.15, 0.2) is 54.7 Å². The van der Waals surface area contributed by atoms with E-state index in [1.54, 1.807) is 6.20 Å². The van der Waals surface area contributed by atoms with E-state index in [4.69, 9.17) is 10.1 Å². The number of aryl methyl sites for hydroxylation is 1. The minimum atomic E-state index is -0.0224.